The van der Waals surface area contributed by atoms with E-state index in [0.29, 0.717) is 38.7 Å². The molecule has 7 heteroatoms. The van der Waals surface area contributed by atoms with Gasteiger partial charge in [0, 0.05) is 17.0 Å². The van der Waals surface area contributed by atoms with Crippen molar-refractivity contribution in [1.29, 1.82) is 0 Å². The zero-order chi connectivity index (χ0) is 23.4. The van der Waals surface area contributed by atoms with Gasteiger partial charge in [0.1, 0.15) is 11.3 Å². The van der Waals surface area contributed by atoms with Gasteiger partial charge in [-0.15, -0.1) is 0 Å². The molecule has 0 spiro atoms. The Labute approximate surface area is 200 Å². The molecule has 4 aromatic rings. The second-order valence-electron chi connectivity index (χ2n) is 7.45. The van der Waals surface area contributed by atoms with E-state index in [4.69, 9.17) is 37.1 Å². The Morgan fingerprint density at radius 3 is 2.52 bits per heavy atom. The molecule has 33 heavy (non-hydrogen) atoms. The number of rotatable bonds is 7. The van der Waals surface area contributed by atoms with Crippen LogP contribution in [0.1, 0.15) is 18.4 Å². The fourth-order valence-electron chi connectivity index (χ4n) is 3.27. The second-order valence-corrected chi connectivity index (χ2v) is 8.30. The summed E-state index contributed by atoms with van der Waals surface area (Å²) < 4.78 is 17.1. The monoisotopic (exact) mass is 482 g/mol. The molecule has 0 saturated carbocycles. The van der Waals surface area contributed by atoms with Crippen LogP contribution >= 0.6 is 23.2 Å². The molecule has 0 fully saturated rings. The lowest BCUT2D eigenvalue weighted by Gasteiger charge is -2.11. The van der Waals surface area contributed by atoms with Crippen molar-refractivity contribution in [1.82, 2.24) is 0 Å². The van der Waals surface area contributed by atoms with Gasteiger partial charge in [0.25, 0.3) is 0 Å². The van der Waals surface area contributed by atoms with Crippen molar-refractivity contribution in [3.8, 4) is 22.8 Å². The molecule has 0 aliphatic rings. The molecule has 0 saturated heterocycles. The van der Waals surface area contributed by atoms with Crippen LogP contribution in [0.3, 0.4) is 0 Å². The Morgan fingerprint density at radius 2 is 1.76 bits per heavy atom. The van der Waals surface area contributed by atoms with Crippen LogP contribution in [0.25, 0.3) is 22.3 Å². The highest BCUT2D eigenvalue weighted by Crippen LogP contribution is 2.31. The molecule has 0 unspecified atom stereocenters. The topological polar surface area (TPSA) is 65.7 Å². The molecular weight excluding hydrogens is 463 g/mol. The van der Waals surface area contributed by atoms with E-state index in [0.717, 1.165) is 5.56 Å². The lowest BCUT2D eigenvalue weighted by Crippen LogP contribution is -2.16. The minimum atomic E-state index is -0.559. The largest absolute Gasteiger partial charge is 0.492 e. The summed E-state index contributed by atoms with van der Waals surface area (Å²) in [5.41, 5.74) is 1.73. The van der Waals surface area contributed by atoms with Crippen molar-refractivity contribution in [2.24, 2.45) is 0 Å². The number of halogens is 2. The van der Waals surface area contributed by atoms with Gasteiger partial charge in [-0.1, -0.05) is 65.2 Å². The van der Waals surface area contributed by atoms with Crippen LogP contribution in [0.4, 0.5) is 0 Å². The summed E-state index contributed by atoms with van der Waals surface area (Å²) in [4.78, 5) is 25.7. The molecule has 0 N–H and O–H groups in total. The normalized spacial score (nSPS) is 10.9. The maximum Gasteiger partial charge on any atom is 0.311 e. The zero-order valence-corrected chi connectivity index (χ0v) is 19.3. The Bertz CT molecular complexity index is 1360. The fourth-order valence-corrected chi connectivity index (χ4v) is 3.73. The van der Waals surface area contributed by atoms with Crippen LogP contribution in [0.2, 0.25) is 10.0 Å². The molecule has 4 rings (SSSR count). The van der Waals surface area contributed by atoms with Crippen LogP contribution in [0.15, 0.2) is 75.9 Å². The van der Waals surface area contributed by atoms with Crippen LogP contribution in [-0.4, -0.2) is 12.6 Å². The van der Waals surface area contributed by atoms with Gasteiger partial charge in [0.2, 0.25) is 11.2 Å². The first-order chi connectivity index (χ1) is 15.9. The summed E-state index contributed by atoms with van der Waals surface area (Å²) in [5.74, 6) is 0.0171. The highest BCUT2D eigenvalue weighted by atomic mass is 35.5. The molecule has 0 amide bonds. The van der Waals surface area contributed by atoms with Crippen molar-refractivity contribution in [2.45, 2.75) is 19.8 Å². The average molecular weight is 483 g/mol. The Morgan fingerprint density at radius 1 is 1.00 bits per heavy atom. The van der Waals surface area contributed by atoms with Crippen LogP contribution in [-0.2, 0) is 4.79 Å². The number of para-hydroxylation sites is 1. The van der Waals surface area contributed by atoms with Crippen molar-refractivity contribution >= 4 is 40.1 Å². The first-order valence-electron chi connectivity index (χ1n) is 10.3. The minimum Gasteiger partial charge on any atom is -0.492 e. The molecule has 5 nitrogen and oxygen atoms in total. The van der Waals surface area contributed by atoms with Crippen molar-refractivity contribution in [3.63, 3.8) is 0 Å². The summed E-state index contributed by atoms with van der Waals surface area (Å²) in [6.45, 7) is 2.20. The standard InChI is InChI=1S/C26H20Cl2O5/c1-16-8-10-17(11-9-16)25-26(24(30)19-5-2-3-6-21(19)32-25)33-23(29)7-4-14-31-22-13-12-18(27)15-20(22)28/h2-3,5-6,8-13,15H,4,7,14H2,1H3. The fraction of sp³-hybridized carbons (Fsp3) is 0.154. The van der Waals surface area contributed by atoms with Crippen molar-refractivity contribution in [3.05, 3.63) is 92.6 Å². The van der Waals surface area contributed by atoms with E-state index < -0.39 is 11.4 Å². The molecule has 1 heterocycles. The number of esters is 1. The molecule has 168 valence electrons. The first-order valence-corrected chi connectivity index (χ1v) is 11.1. The average Bonchev–Trinajstić information content (AvgIpc) is 2.80. The van der Waals surface area contributed by atoms with E-state index in [1.165, 1.54) is 0 Å². The van der Waals surface area contributed by atoms with Gasteiger partial charge < -0.3 is 13.9 Å². The third kappa shape index (κ3) is 5.38. The third-order valence-electron chi connectivity index (χ3n) is 4.96. The maximum absolute atomic E-state index is 13.1. The SMILES string of the molecule is Cc1ccc(-c2oc3ccccc3c(=O)c2OC(=O)CCCOc2ccc(Cl)cc2Cl)cc1. The number of hydrogen-bond acceptors (Lipinski definition) is 5. The molecular formula is C26H20Cl2O5. The van der Waals surface area contributed by atoms with E-state index in [1.807, 2.05) is 31.2 Å². The summed E-state index contributed by atoms with van der Waals surface area (Å²) in [6, 6.07) is 19.2. The van der Waals surface area contributed by atoms with Gasteiger partial charge in [-0.05, 0) is 43.7 Å². The minimum absolute atomic E-state index is 0.0464. The van der Waals surface area contributed by atoms with Crippen LogP contribution < -0.4 is 14.9 Å². The molecule has 0 aliphatic heterocycles. The summed E-state index contributed by atoms with van der Waals surface area (Å²) in [7, 11) is 0. The molecule has 3 aromatic carbocycles. The molecule has 0 atom stereocenters. The Balaban J connectivity index is 1.51. The van der Waals surface area contributed by atoms with E-state index in [1.54, 1.807) is 42.5 Å². The molecule has 1 aromatic heterocycles. The van der Waals surface area contributed by atoms with Crippen LogP contribution in [0, 0.1) is 6.92 Å². The predicted octanol–water partition coefficient (Wildman–Crippen LogP) is 6.84. The lowest BCUT2D eigenvalue weighted by atomic mass is 10.1. The molecule has 0 radical (unpaired) electrons. The number of fused-ring (bicyclic) bond motifs is 1. The van der Waals surface area contributed by atoms with Crippen molar-refractivity contribution < 1.29 is 18.7 Å². The van der Waals surface area contributed by atoms with Gasteiger partial charge in [-0.2, -0.15) is 0 Å². The van der Waals surface area contributed by atoms with Gasteiger partial charge in [-0.3, -0.25) is 9.59 Å². The predicted molar refractivity (Wildman–Crippen MR) is 129 cm³/mol. The summed E-state index contributed by atoms with van der Waals surface area (Å²) in [5, 5.41) is 1.24. The van der Waals surface area contributed by atoms with E-state index in [9.17, 15) is 9.59 Å². The van der Waals surface area contributed by atoms with E-state index >= 15 is 0 Å². The highest BCUT2D eigenvalue weighted by molar-refractivity contribution is 6.35. The number of aryl methyl sites for hydroxylation is 1. The number of ether oxygens (including phenoxy) is 2. The lowest BCUT2D eigenvalue weighted by molar-refractivity contribution is -0.134. The first kappa shape index (κ1) is 22.9. The maximum atomic E-state index is 13.1. The summed E-state index contributed by atoms with van der Waals surface area (Å²) in [6.07, 6.45) is 0.418. The van der Waals surface area contributed by atoms with Gasteiger partial charge in [-0.25, -0.2) is 0 Å². The van der Waals surface area contributed by atoms with Crippen LogP contribution in [0.5, 0.6) is 11.5 Å². The van der Waals surface area contributed by atoms with Gasteiger partial charge in [0.15, 0.2) is 5.76 Å². The Hall–Kier alpha value is -3.28. The number of hydrogen-bond donors (Lipinski definition) is 0. The smallest absolute Gasteiger partial charge is 0.311 e. The molecule has 0 bridgehead atoms. The summed E-state index contributed by atoms with van der Waals surface area (Å²) >= 11 is 12.0. The van der Waals surface area contributed by atoms with Gasteiger partial charge in [0.05, 0.1) is 17.0 Å². The van der Waals surface area contributed by atoms with Crippen molar-refractivity contribution in [2.75, 3.05) is 6.61 Å². The number of carbonyl (C=O) groups is 1. The number of benzene rings is 3. The third-order valence-corrected chi connectivity index (χ3v) is 5.49. The number of carbonyl (C=O) groups excluding carboxylic acids is 1. The Kier molecular flexibility index (Phi) is 7.02. The van der Waals surface area contributed by atoms with E-state index in [-0.39, 0.29) is 24.5 Å². The molecule has 0 aliphatic carbocycles. The highest BCUT2D eigenvalue weighted by Gasteiger charge is 2.20. The van der Waals surface area contributed by atoms with E-state index in [2.05, 4.69) is 0 Å². The quantitative estimate of drug-likeness (QED) is 0.213. The zero-order valence-electron chi connectivity index (χ0n) is 17.8. The second kappa shape index (κ2) is 10.1. The van der Waals surface area contributed by atoms with Gasteiger partial charge >= 0.3 is 5.97 Å².